The molecular formula is C12H22N4. The minimum absolute atomic E-state index is 0.458. The molecule has 4 heteroatoms. The molecule has 90 valence electrons. The van der Waals surface area contributed by atoms with Crippen LogP contribution in [0.25, 0.3) is 0 Å². The topological polar surface area (TPSA) is 33.1 Å². The van der Waals surface area contributed by atoms with Gasteiger partial charge >= 0.3 is 0 Å². The molecule has 2 heterocycles. The van der Waals surface area contributed by atoms with Crippen molar-refractivity contribution in [1.29, 1.82) is 0 Å². The highest BCUT2D eigenvalue weighted by Crippen LogP contribution is 2.23. The summed E-state index contributed by atoms with van der Waals surface area (Å²) < 4.78 is 1.99. The average molecular weight is 222 g/mol. The van der Waals surface area contributed by atoms with Crippen molar-refractivity contribution in [3.8, 4) is 0 Å². The quantitative estimate of drug-likeness (QED) is 0.811. The predicted molar refractivity (Wildman–Crippen MR) is 65.3 cm³/mol. The second kappa shape index (κ2) is 4.97. The molecule has 0 bridgehead atoms. The summed E-state index contributed by atoms with van der Waals surface area (Å²) in [5.41, 5.74) is 1.31. The maximum absolute atomic E-state index is 4.26. The summed E-state index contributed by atoms with van der Waals surface area (Å²) in [5.74, 6) is 0. The first-order valence-electron chi connectivity index (χ1n) is 6.18. The van der Waals surface area contributed by atoms with Gasteiger partial charge in [0.1, 0.15) is 0 Å². The van der Waals surface area contributed by atoms with Gasteiger partial charge in [-0.3, -0.25) is 9.58 Å². The zero-order valence-electron chi connectivity index (χ0n) is 10.5. The molecule has 2 rings (SSSR count). The molecule has 1 fully saturated rings. The Morgan fingerprint density at radius 1 is 1.62 bits per heavy atom. The summed E-state index contributed by atoms with van der Waals surface area (Å²) in [6, 6.07) is 3.28. The van der Waals surface area contributed by atoms with Crippen LogP contribution in [0.4, 0.5) is 0 Å². The molecule has 1 aromatic heterocycles. The Labute approximate surface area is 97.6 Å². The molecule has 1 unspecified atom stereocenters. The second-order valence-corrected chi connectivity index (χ2v) is 4.61. The molecular weight excluding hydrogens is 200 g/mol. The molecule has 0 amide bonds. The maximum atomic E-state index is 4.26. The van der Waals surface area contributed by atoms with E-state index in [0.717, 1.165) is 13.1 Å². The zero-order chi connectivity index (χ0) is 11.5. The van der Waals surface area contributed by atoms with Crippen LogP contribution in [0.15, 0.2) is 12.3 Å². The highest BCUT2D eigenvalue weighted by Gasteiger charge is 2.29. The first kappa shape index (κ1) is 11.6. The third kappa shape index (κ3) is 2.13. The van der Waals surface area contributed by atoms with E-state index in [2.05, 4.69) is 35.2 Å². The van der Waals surface area contributed by atoms with Gasteiger partial charge in [0, 0.05) is 38.4 Å². The van der Waals surface area contributed by atoms with Crippen molar-refractivity contribution in [3.05, 3.63) is 18.0 Å². The Bertz CT molecular complexity index is 330. The molecule has 16 heavy (non-hydrogen) atoms. The number of nitrogens with one attached hydrogen (secondary N) is 1. The summed E-state index contributed by atoms with van der Waals surface area (Å²) >= 11 is 0. The van der Waals surface area contributed by atoms with Crippen LogP contribution in [0.1, 0.15) is 32.0 Å². The predicted octanol–water partition coefficient (Wildman–Crippen LogP) is 1.16. The molecule has 1 N–H and O–H groups in total. The highest BCUT2D eigenvalue weighted by molar-refractivity contribution is 5.07. The van der Waals surface area contributed by atoms with Gasteiger partial charge in [-0.15, -0.1) is 0 Å². The standard InChI is InChI=1S/C12H22N4/c1-4-7-16(11-8-13-9-11)10(2)12-5-6-14-15(12)3/h5-6,10-11,13H,4,7-9H2,1-3H3. The summed E-state index contributed by atoms with van der Waals surface area (Å²) in [6.07, 6.45) is 3.09. The van der Waals surface area contributed by atoms with E-state index in [0.29, 0.717) is 12.1 Å². The van der Waals surface area contributed by atoms with E-state index >= 15 is 0 Å². The van der Waals surface area contributed by atoms with Crippen LogP contribution in [0, 0.1) is 0 Å². The van der Waals surface area contributed by atoms with Gasteiger partial charge in [-0.05, 0) is 26.0 Å². The molecule has 0 spiro atoms. The number of rotatable bonds is 5. The van der Waals surface area contributed by atoms with Crippen LogP contribution in [0.5, 0.6) is 0 Å². The molecule has 0 aliphatic carbocycles. The molecule has 4 nitrogen and oxygen atoms in total. The van der Waals surface area contributed by atoms with Gasteiger partial charge in [-0.2, -0.15) is 5.10 Å². The molecule has 1 saturated heterocycles. The Kier molecular flexibility index (Phi) is 3.61. The lowest BCUT2D eigenvalue weighted by molar-refractivity contribution is 0.0988. The van der Waals surface area contributed by atoms with Gasteiger partial charge in [0.15, 0.2) is 0 Å². The van der Waals surface area contributed by atoms with Gasteiger partial charge in [0.25, 0.3) is 0 Å². The third-order valence-electron chi connectivity index (χ3n) is 3.50. The number of aryl methyl sites for hydroxylation is 1. The number of hydrogen-bond acceptors (Lipinski definition) is 3. The van der Waals surface area contributed by atoms with Crippen molar-refractivity contribution in [2.45, 2.75) is 32.4 Å². The first-order chi connectivity index (χ1) is 7.74. The van der Waals surface area contributed by atoms with Gasteiger partial charge in [0.05, 0.1) is 5.69 Å². The van der Waals surface area contributed by atoms with Crippen LogP contribution in [-0.4, -0.2) is 40.4 Å². The van der Waals surface area contributed by atoms with Crippen molar-refractivity contribution < 1.29 is 0 Å². The van der Waals surface area contributed by atoms with E-state index in [1.807, 2.05) is 17.9 Å². The number of nitrogens with zero attached hydrogens (tertiary/aromatic N) is 3. The average Bonchev–Trinajstić information content (AvgIpc) is 2.60. The lowest BCUT2D eigenvalue weighted by Crippen LogP contribution is -2.57. The summed E-state index contributed by atoms with van der Waals surface area (Å²) in [6.45, 7) is 7.95. The highest BCUT2D eigenvalue weighted by atomic mass is 15.3. The maximum Gasteiger partial charge on any atom is 0.0549 e. The Balaban J connectivity index is 2.09. The van der Waals surface area contributed by atoms with E-state index < -0.39 is 0 Å². The van der Waals surface area contributed by atoms with E-state index in [1.165, 1.54) is 18.7 Å². The van der Waals surface area contributed by atoms with Gasteiger partial charge < -0.3 is 5.32 Å². The fourth-order valence-electron chi connectivity index (χ4n) is 2.42. The van der Waals surface area contributed by atoms with Crippen molar-refractivity contribution in [2.24, 2.45) is 7.05 Å². The third-order valence-corrected chi connectivity index (χ3v) is 3.50. The summed E-state index contributed by atoms with van der Waals surface area (Å²) in [7, 11) is 2.02. The van der Waals surface area contributed by atoms with Crippen LogP contribution in [0.2, 0.25) is 0 Å². The van der Waals surface area contributed by atoms with Crippen molar-refractivity contribution >= 4 is 0 Å². The van der Waals surface area contributed by atoms with Gasteiger partial charge in [-0.25, -0.2) is 0 Å². The fraction of sp³-hybridized carbons (Fsp3) is 0.750. The summed E-state index contributed by atoms with van der Waals surface area (Å²) in [4.78, 5) is 2.59. The van der Waals surface area contributed by atoms with Gasteiger partial charge in [0.2, 0.25) is 0 Å². The second-order valence-electron chi connectivity index (χ2n) is 4.61. The Morgan fingerprint density at radius 3 is 2.81 bits per heavy atom. The number of hydrogen-bond donors (Lipinski definition) is 1. The van der Waals surface area contributed by atoms with Crippen molar-refractivity contribution in [1.82, 2.24) is 20.0 Å². The van der Waals surface area contributed by atoms with E-state index in [1.54, 1.807) is 0 Å². The van der Waals surface area contributed by atoms with E-state index in [9.17, 15) is 0 Å². The Morgan fingerprint density at radius 2 is 2.38 bits per heavy atom. The molecule has 1 aromatic rings. The SMILES string of the molecule is CCCN(C1CNC1)C(C)c1ccnn1C. The minimum Gasteiger partial charge on any atom is -0.314 e. The minimum atomic E-state index is 0.458. The molecule has 0 aromatic carbocycles. The zero-order valence-corrected chi connectivity index (χ0v) is 10.5. The molecule has 0 radical (unpaired) electrons. The smallest absolute Gasteiger partial charge is 0.0549 e. The van der Waals surface area contributed by atoms with Gasteiger partial charge in [-0.1, -0.05) is 6.92 Å². The largest absolute Gasteiger partial charge is 0.314 e. The lowest BCUT2D eigenvalue weighted by atomic mass is 10.1. The normalized spacial score (nSPS) is 18.8. The first-order valence-corrected chi connectivity index (χ1v) is 6.18. The molecule has 1 aliphatic rings. The van der Waals surface area contributed by atoms with Crippen LogP contribution < -0.4 is 5.32 Å². The monoisotopic (exact) mass is 222 g/mol. The van der Waals surface area contributed by atoms with Crippen LogP contribution >= 0.6 is 0 Å². The van der Waals surface area contributed by atoms with E-state index in [4.69, 9.17) is 0 Å². The van der Waals surface area contributed by atoms with Crippen molar-refractivity contribution in [3.63, 3.8) is 0 Å². The molecule has 0 saturated carbocycles. The van der Waals surface area contributed by atoms with Crippen LogP contribution in [-0.2, 0) is 7.05 Å². The Hall–Kier alpha value is -0.870. The lowest BCUT2D eigenvalue weighted by Gasteiger charge is -2.41. The number of aromatic nitrogens is 2. The van der Waals surface area contributed by atoms with Crippen molar-refractivity contribution in [2.75, 3.05) is 19.6 Å². The molecule has 1 aliphatic heterocycles. The summed E-state index contributed by atoms with van der Waals surface area (Å²) in [5, 5.41) is 7.61. The van der Waals surface area contributed by atoms with Crippen LogP contribution in [0.3, 0.4) is 0 Å². The molecule has 1 atom stereocenters. The fourth-order valence-corrected chi connectivity index (χ4v) is 2.42. The van der Waals surface area contributed by atoms with E-state index in [-0.39, 0.29) is 0 Å².